The Morgan fingerprint density at radius 3 is 2.72 bits per heavy atom. The van der Waals surface area contributed by atoms with Gasteiger partial charge in [0, 0.05) is 22.7 Å². The monoisotopic (exact) mass is 259 g/mol. The SMILES string of the molecule is CCCC(C)CNc1ccccc1-c1cccs1. The number of para-hydroxylation sites is 1. The molecule has 1 heterocycles. The lowest BCUT2D eigenvalue weighted by molar-refractivity contribution is 0.551. The summed E-state index contributed by atoms with van der Waals surface area (Å²) in [6.07, 6.45) is 2.55. The first-order chi connectivity index (χ1) is 8.81. The van der Waals surface area contributed by atoms with Crippen molar-refractivity contribution in [3.8, 4) is 10.4 Å². The second kappa shape index (κ2) is 6.60. The summed E-state index contributed by atoms with van der Waals surface area (Å²) in [5.41, 5.74) is 2.57. The van der Waals surface area contributed by atoms with Gasteiger partial charge in [-0.3, -0.25) is 0 Å². The summed E-state index contributed by atoms with van der Waals surface area (Å²) in [5, 5.41) is 5.72. The Morgan fingerprint density at radius 2 is 2.00 bits per heavy atom. The van der Waals surface area contributed by atoms with Crippen molar-refractivity contribution in [2.24, 2.45) is 5.92 Å². The molecule has 2 aromatic rings. The molecule has 0 saturated heterocycles. The van der Waals surface area contributed by atoms with Crippen molar-refractivity contribution >= 4 is 17.0 Å². The van der Waals surface area contributed by atoms with Crippen LogP contribution in [0, 0.1) is 5.92 Å². The van der Waals surface area contributed by atoms with Crippen LogP contribution in [-0.4, -0.2) is 6.54 Å². The van der Waals surface area contributed by atoms with Crippen LogP contribution in [0.15, 0.2) is 41.8 Å². The minimum Gasteiger partial charge on any atom is -0.384 e. The molecule has 0 aliphatic rings. The Balaban J connectivity index is 2.09. The fraction of sp³-hybridized carbons (Fsp3) is 0.375. The second-order valence-electron chi connectivity index (χ2n) is 4.80. The molecule has 0 bridgehead atoms. The summed E-state index contributed by atoms with van der Waals surface area (Å²) in [7, 11) is 0. The average Bonchev–Trinajstić information content (AvgIpc) is 2.91. The second-order valence-corrected chi connectivity index (χ2v) is 5.75. The summed E-state index contributed by atoms with van der Waals surface area (Å²) < 4.78 is 0. The average molecular weight is 259 g/mol. The zero-order chi connectivity index (χ0) is 12.8. The van der Waals surface area contributed by atoms with Gasteiger partial charge in [0.25, 0.3) is 0 Å². The number of hydrogen-bond acceptors (Lipinski definition) is 2. The number of anilines is 1. The van der Waals surface area contributed by atoms with Crippen molar-refractivity contribution in [2.45, 2.75) is 26.7 Å². The van der Waals surface area contributed by atoms with Gasteiger partial charge in [0.2, 0.25) is 0 Å². The van der Waals surface area contributed by atoms with Crippen LogP contribution in [0.2, 0.25) is 0 Å². The van der Waals surface area contributed by atoms with Crippen LogP contribution in [-0.2, 0) is 0 Å². The lowest BCUT2D eigenvalue weighted by Crippen LogP contribution is -2.11. The molecule has 0 aliphatic carbocycles. The molecule has 0 radical (unpaired) electrons. The van der Waals surface area contributed by atoms with Crippen molar-refractivity contribution in [2.75, 3.05) is 11.9 Å². The van der Waals surface area contributed by atoms with Gasteiger partial charge in [-0.25, -0.2) is 0 Å². The van der Waals surface area contributed by atoms with E-state index in [1.807, 2.05) is 0 Å². The fourth-order valence-corrected chi connectivity index (χ4v) is 2.93. The number of hydrogen-bond donors (Lipinski definition) is 1. The summed E-state index contributed by atoms with van der Waals surface area (Å²) >= 11 is 1.79. The van der Waals surface area contributed by atoms with Crippen molar-refractivity contribution in [1.29, 1.82) is 0 Å². The molecule has 0 fully saturated rings. The Bertz CT molecular complexity index is 462. The standard InChI is InChI=1S/C16H21NS/c1-3-7-13(2)12-17-15-9-5-4-8-14(15)16-10-6-11-18-16/h4-6,8-11,13,17H,3,7,12H2,1-2H3. The summed E-state index contributed by atoms with van der Waals surface area (Å²) in [6.45, 7) is 5.61. The Hall–Kier alpha value is -1.28. The van der Waals surface area contributed by atoms with Crippen LogP contribution in [0.3, 0.4) is 0 Å². The van der Waals surface area contributed by atoms with E-state index in [4.69, 9.17) is 0 Å². The molecular weight excluding hydrogens is 238 g/mol. The van der Waals surface area contributed by atoms with E-state index in [-0.39, 0.29) is 0 Å². The highest BCUT2D eigenvalue weighted by atomic mass is 32.1. The number of nitrogens with one attached hydrogen (secondary N) is 1. The van der Waals surface area contributed by atoms with E-state index >= 15 is 0 Å². The predicted molar refractivity (Wildman–Crippen MR) is 82.3 cm³/mol. The van der Waals surface area contributed by atoms with Gasteiger partial charge in [0.15, 0.2) is 0 Å². The van der Waals surface area contributed by atoms with Crippen LogP contribution in [0.25, 0.3) is 10.4 Å². The third-order valence-electron chi connectivity index (χ3n) is 3.14. The van der Waals surface area contributed by atoms with E-state index in [1.165, 1.54) is 29.0 Å². The molecule has 0 spiro atoms. The van der Waals surface area contributed by atoms with E-state index in [2.05, 4.69) is 60.9 Å². The molecule has 1 unspecified atom stereocenters. The molecule has 1 N–H and O–H groups in total. The van der Waals surface area contributed by atoms with E-state index in [0.717, 1.165) is 12.5 Å². The van der Waals surface area contributed by atoms with E-state index in [0.29, 0.717) is 0 Å². The molecule has 0 amide bonds. The van der Waals surface area contributed by atoms with Crippen LogP contribution >= 0.6 is 11.3 Å². The van der Waals surface area contributed by atoms with Crippen molar-refractivity contribution in [3.63, 3.8) is 0 Å². The van der Waals surface area contributed by atoms with Gasteiger partial charge in [0.1, 0.15) is 0 Å². The molecular formula is C16H21NS. The lowest BCUT2D eigenvalue weighted by Gasteiger charge is -2.15. The molecule has 18 heavy (non-hydrogen) atoms. The summed E-state index contributed by atoms with van der Waals surface area (Å²) in [5.74, 6) is 0.728. The summed E-state index contributed by atoms with van der Waals surface area (Å²) in [6, 6.07) is 12.9. The van der Waals surface area contributed by atoms with Crippen LogP contribution < -0.4 is 5.32 Å². The van der Waals surface area contributed by atoms with Crippen molar-refractivity contribution in [1.82, 2.24) is 0 Å². The lowest BCUT2D eigenvalue weighted by atomic mass is 10.1. The maximum atomic E-state index is 3.59. The maximum absolute atomic E-state index is 3.59. The quantitative estimate of drug-likeness (QED) is 0.745. The van der Waals surface area contributed by atoms with Gasteiger partial charge in [-0.05, 0) is 29.9 Å². The van der Waals surface area contributed by atoms with Crippen LogP contribution in [0.4, 0.5) is 5.69 Å². The molecule has 2 rings (SSSR count). The third kappa shape index (κ3) is 3.36. The first-order valence-electron chi connectivity index (χ1n) is 6.68. The largest absolute Gasteiger partial charge is 0.384 e. The van der Waals surface area contributed by atoms with Crippen LogP contribution in [0.5, 0.6) is 0 Å². The predicted octanol–water partition coefficient (Wildman–Crippen LogP) is 5.26. The molecule has 1 atom stereocenters. The molecule has 1 nitrogen and oxygen atoms in total. The highest BCUT2D eigenvalue weighted by molar-refractivity contribution is 7.13. The highest BCUT2D eigenvalue weighted by Crippen LogP contribution is 2.31. The third-order valence-corrected chi connectivity index (χ3v) is 4.04. The van der Waals surface area contributed by atoms with E-state index in [1.54, 1.807) is 11.3 Å². The topological polar surface area (TPSA) is 12.0 Å². The van der Waals surface area contributed by atoms with E-state index in [9.17, 15) is 0 Å². The number of rotatable bonds is 6. The normalized spacial score (nSPS) is 12.3. The zero-order valence-corrected chi connectivity index (χ0v) is 12.0. The van der Waals surface area contributed by atoms with Gasteiger partial charge in [-0.15, -0.1) is 11.3 Å². The maximum Gasteiger partial charge on any atom is 0.0428 e. The number of benzene rings is 1. The zero-order valence-electron chi connectivity index (χ0n) is 11.1. The Morgan fingerprint density at radius 1 is 1.17 bits per heavy atom. The van der Waals surface area contributed by atoms with Gasteiger partial charge in [-0.1, -0.05) is 44.5 Å². The van der Waals surface area contributed by atoms with Crippen molar-refractivity contribution in [3.05, 3.63) is 41.8 Å². The molecule has 96 valence electrons. The molecule has 1 aromatic heterocycles. The molecule has 1 aromatic carbocycles. The van der Waals surface area contributed by atoms with Gasteiger partial charge < -0.3 is 5.32 Å². The smallest absolute Gasteiger partial charge is 0.0428 e. The Labute approximate surface area is 114 Å². The summed E-state index contributed by atoms with van der Waals surface area (Å²) in [4.78, 5) is 1.33. The van der Waals surface area contributed by atoms with Crippen molar-refractivity contribution < 1.29 is 0 Å². The highest BCUT2D eigenvalue weighted by Gasteiger charge is 2.06. The fourth-order valence-electron chi connectivity index (χ4n) is 2.16. The van der Waals surface area contributed by atoms with Crippen LogP contribution in [0.1, 0.15) is 26.7 Å². The van der Waals surface area contributed by atoms with Gasteiger partial charge >= 0.3 is 0 Å². The van der Waals surface area contributed by atoms with E-state index < -0.39 is 0 Å². The molecule has 0 saturated carbocycles. The first kappa shape index (κ1) is 13.2. The van der Waals surface area contributed by atoms with Gasteiger partial charge in [-0.2, -0.15) is 0 Å². The Kier molecular flexibility index (Phi) is 4.82. The minimum atomic E-state index is 0.728. The minimum absolute atomic E-state index is 0.728. The number of thiophene rings is 1. The molecule has 0 aliphatic heterocycles. The molecule has 2 heteroatoms. The first-order valence-corrected chi connectivity index (χ1v) is 7.56. The van der Waals surface area contributed by atoms with Gasteiger partial charge in [0.05, 0.1) is 0 Å².